The maximum absolute atomic E-state index is 5.50. The molecule has 1 atom stereocenters. The van der Waals surface area contributed by atoms with E-state index in [0.717, 1.165) is 43.7 Å². The van der Waals surface area contributed by atoms with Crippen LogP contribution in [0, 0.1) is 0 Å². The summed E-state index contributed by atoms with van der Waals surface area (Å²) in [6, 6.07) is 0.207. The SMILES string of the molecule is CCCn1ncc(Br)c1C(NC)C(C)(C)N1CCOCC1. The number of likely N-dealkylation sites (N-methyl/N-ethyl adjacent to an activating group) is 1. The quantitative estimate of drug-likeness (QED) is 0.847. The van der Waals surface area contributed by atoms with Crippen LogP contribution in [0.15, 0.2) is 10.7 Å². The molecule has 0 saturated carbocycles. The third-order valence-corrected chi connectivity index (χ3v) is 4.97. The van der Waals surface area contributed by atoms with Gasteiger partial charge in [0.15, 0.2) is 0 Å². The van der Waals surface area contributed by atoms with Crippen molar-refractivity contribution in [2.45, 2.75) is 45.3 Å². The molecule has 1 N–H and O–H groups in total. The summed E-state index contributed by atoms with van der Waals surface area (Å²) in [6.45, 7) is 11.3. The maximum Gasteiger partial charge on any atom is 0.0714 e. The predicted molar refractivity (Wildman–Crippen MR) is 88.5 cm³/mol. The number of aromatic nitrogens is 2. The third kappa shape index (κ3) is 3.50. The van der Waals surface area contributed by atoms with Gasteiger partial charge in [-0.2, -0.15) is 5.10 Å². The Bertz CT molecular complexity index is 455. The number of nitrogens with one attached hydrogen (secondary N) is 1. The molecule has 0 aromatic carbocycles. The summed E-state index contributed by atoms with van der Waals surface area (Å²) in [5, 5.41) is 8.03. The van der Waals surface area contributed by atoms with E-state index in [2.05, 4.69) is 56.7 Å². The number of morpholine rings is 1. The molecule has 1 fully saturated rings. The second-order valence-corrected chi connectivity index (χ2v) is 6.93. The highest BCUT2D eigenvalue weighted by atomic mass is 79.9. The fraction of sp³-hybridized carbons (Fsp3) is 0.800. The summed E-state index contributed by atoms with van der Waals surface area (Å²) in [7, 11) is 2.03. The lowest BCUT2D eigenvalue weighted by Crippen LogP contribution is -2.56. The highest BCUT2D eigenvalue weighted by Crippen LogP contribution is 2.35. The van der Waals surface area contributed by atoms with Gasteiger partial charge in [0.2, 0.25) is 0 Å². The summed E-state index contributed by atoms with van der Waals surface area (Å²) in [5.41, 5.74) is 1.22. The molecule has 1 saturated heterocycles. The number of rotatable bonds is 6. The number of aryl methyl sites for hydroxylation is 1. The minimum Gasteiger partial charge on any atom is -0.379 e. The van der Waals surface area contributed by atoms with Gasteiger partial charge in [0.05, 0.1) is 35.6 Å². The molecule has 0 bridgehead atoms. The van der Waals surface area contributed by atoms with Crippen molar-refractivity contribution in [1.29, 1.82) is 0 Å². The van der Waals surface area contributed by atoms with Crippen molar-refractivity contribution in [2.75, 3.05) is 33.4 Å². The van der Waals surface area contributed by atoms with Crippen molar-refractivity contribution < 1.29 is 4.74 Å². The second kappa shape index (κ2) is 7.22. The Morgan fingerprint density at radius 3 is 2.67 bits per heavy atom. The maximum atomic E-state index is 5.50. The second-order valence-electron chi connectivity index (χ2n) is 6.08. The monoisotopic (exact) mass is 358 g/mol. The summed E-state index contributed by atoms with van der Waals surface area (Å²) >= 11 is 3.68. The van der Waals surface area contributed by atoms with Crippen molar-refractivity contribution in [3.05, 3.63) is 16.4 Å². The number of ether oxygens (including phenoxy) is 1. The molecule has 2 rings (SSSR count). The zero-order valence-corrected chi connectivity index (χ0v) is 15.1. The molecule has 0 spiro atoms. The van der Waals surface area contributed by atoms with Crippen LogP contribution in [-0.2, 0) is 11.3 Å². The van der Waals surface area contributed by atoms with Gasteiger partial charge >= 0.3 is 0 Å². The van der Waals surface area contributed by atoms with E-state index in [1.165, 1.54) is 5.69 Å². The number of halogens is 1. The van der Waals surface area contributed by atoms with Gasteiger partial charge in [0.25, 0.3) is 0 Å². The minimum absolute atomic E-state index is 0.00737. The van der Waals surface area contributed by atoms with Crippen molar-refractivity contribution in [3.63, 3.8) is 0 Å². The van der Waals surface area contributed by atoms with Crippen LogP contribution in [0.1, 0.15) is 38.9 Å². The van der Waals surface area contributed by atoms with Gasteiger partial charge in [-0.15, -0.1) is 0 Å². The fourth-order valence-electron chi connectivity index (χ4n) is 3.20. The van der Waals surface area contributed by atoms with Crippen LogP contribution in [-0.4, -0.2) is 53.6 Å². The lowest BCUT2D eigenvalue weighted by molar-refractivity contribution is -0.0240. The molecule has 1 aliphatic heterocycles. The summed E-state index contributed by atoms with van der Waals surface area (Å²) in [4.78, 5) is 2.51. The third-order valence-electron chi connectivity index (χ3n) is 4.36. The zero-order chi connectivity index (χ0) is 15.5. The van der Waals surface area contributed by atoms with Crippen molar-refractivity contribution >= 4 is 15.9 Å². The van der Waals surface area contributed by atoms with Gasteiger partial charge in [-0.1, -0.05) is 6.92 Å². The highest BCUT2D eigenvalue weighted by molar-refractivity contribution is 9.10. The average Bonchev–Trinajstić information content (AvgIpc) is 2.83. The Morgan fingerprint density at radius 1 is 1.43 bits per heavy atom. The predicted octanol–water partition coefficient (Wildman–Crippen LogP) is 2.43. The Hall–Kier alpha value is -0.430. The van der Waals surface area contributed by atoms with Crippen LogP contribution < -0.4 is 5.32 Å². The van der Waals surface area contributed by atoms with Crippen molar-refractivity contribution in [2.24, 2.45) is 0 Å². The minimum atomic E-state index is -0.00737. The Morgan fingerprint density at radius 2 is 2.10 bits per heavy atom. The van der Waals surface area contributed by atoms with Gasteiger partial charge in [-0.05, 0) is 43.2 Å². The van der Waals surface area contributed by atoms with Gasteiger partial charge in [-0.3, -0.25) is 9.58 Å². The first-order valence-corrected chi connectivity index (χ1v) is 8.53. The van der Waals surface area contributed by atoms with Crippen LogP contribution in [0.25, 0.3) is 0 Å². The van der Waals surface area contributed by atoms with Crippen molar-refractivity contribution in [1.82, 2.24) is 20.0 Å². The first kappa shape index (κ1) is 16.9. The van der Waals surface area contributed by atoms with Gasteiger partial charge in [0, 0.05) is 25.2 Å². The van der Waals surface area contributed by atoms with E-state index in [1.54, 1.807) is 0 Å². The fourth-order valence-corrected chi connectivity index (χ4v) is 3.72. The smallest absolute Gasteiger partial charge is 0.0714 e. The number of hydrogen-bond donors (Lipinski definition) is 1. The number of nitrogens with zero attached hydrogens (tertiary/aromatic N) is 3. The first-order chi connectivity index (χ1) is 10.0. The highest BCUT2D eigenvalue weighted by Gasteiger charge is 2.39. The van der Waals surface area contributed by atoms with E-state index in [1.807, 2.05) is 13.2 Å². The first-order valence-electron chi connectivity index (χ1n) is 7.73. The summed E-state index contributed by atoms with van der Waals surface area (Å²) < 4.78 is 8.69. The molecular weight excluding hydrogens is 332 g/mol. The molecule has 1 aromatic rings. The molecule has 6 heteroatoms. The van der Waals surface area contributed by atoms with Gasteiger partial charge in [-0.25, -0.2) is 0 Å². The van der Waals surface area contributed by atoms with Crippen LogP contribution in [0.3, 0.4) is 0 Å². The molecule has 21 heavy (non-hydrogen) atoms. The van der Waals surface area contributed by atoms with E-state index in [9.17, 15) is 0 Å². The lowest BCUT2D eigenvalue weighted by atomic mass is 9.89. The topological polar surface area (TPSA) is 42.3 Å². The van der Waals surface area contributed by atoms with Gasteiger partial charge < -0.3 is 10.1 Å². The zero-order valence-electron chi connectivity index (χ0n) is 13.5. The molecular formula is C15H27BrN4O. The Balaban J connectivity index is 2.31. The normalized spacial score (nSPS) is 18.9. The van der Waals surface area contributed by atoms with Gasteiger partial charge in [0.1, 0.15) is 0 Å². The standard InChI is InChI=1S/C15H27BrN4O/c1-5-6-20-13(12(16)11-18-20)14(17-4)15(2,3)19-7-9-21-10-8-19/h11,14,17H,5-10H2,1-4H3. The molecule has 0 aliphatic carbocycles. The number of hydrogen-bond acceptors (Lipinski definition) is 4. The molecule has 1 unspecified atom stereocenters. The molecule has 120 valence electrons. The molecule has 0 radical (unpaired) electrons. The van der Waals surface area contributed by atoms with E-state index < -0.39 is 0 Å². The molecule has 1 aromatic heterocycles. The molecule has 5 nitrogen and oxygen atoms in total. The van der Waals surface area contributed by atoms with Crippen LogP contribution in [0.2, 0.25) is 0 Å². The average molecular weight is 359 g/mol. The largest absolute Gasteiger partial charge is 0.379 e. The molecule has 0 amide bonds. The Kier molecular flexibility index (Phi) is 5.82. The van der Waals surface area contributed by atoms with Crippen LogP contribution in [0.5, 0.6) is 0 Å². The van der Waals surface area contributed by atoms with E-state index in [-0.39, 0.29) is 11.6 Å². The summed E-state index contributed by atoms with van der Waals surface area (Å²) in [5.74, 6) is 0. The Labute approximate surface area is 136 Å². The van der Waals surface area contributed by atoms with E-state index in [0.29, 0.717) is 0 Å². The van der Waals surface area contributed by atoms with Crippen molar-refractivity contribution in [3.8, 4) is 0 Å². The van der Waals surface area contributed by atoms with E-state index >= 15 is 0 Å². The summed E-state index contributed by atoms with van der Waals surface area (Å²) in [6.07, 6.45) is 2.99. The molecule has 1 aliphatic rings. The molecule has 2 heterocycles. The lowest BCUT2D eigenvalue weighted by Gasteiger charge is -2.45. The van der Waals surface area contributed by atoms with Crippen LogP contribution >= 0.6 is 15.9 Å². The van der Waals surface area contributed by atoms with E-state index in [4.69, 9.17) is 4.74 Å². The van der Waals surface area contributed by atoms with Crippen LogP contribution in [0.4, 0.5) is 0 Å².